The second kappa shape index (κ2) is 6.00. The summed E-state index contributed by atoms with van der Waals surface area (Å²) < 4.78 is 0. The lowest BCUT2D eigenvalue weighted by atomic mass is 9.88. The molecular weight excluding hydrogens is 254 g/mol. The molecule has 1 aliphatic carbocycles. The molecule has 1 N–H and O–H groups in total. The average molecular weight is 275 g/mol. The fourth-order valence-corrected chi connectivity index (χ4v) is 4.27. The topological polar surface area (TPSA) is 29.1 Å². The fourth-order valence-electron chi connectivity index (χ4n) is 3.15. The van der Waals surface area contributed by atoms with Crippen LogP contribution < -0.4 is 5.32 Å². The molecule has 1 heterocycles. The Labute approximate surface area is 119 Å². The van der Waals surface area contributed by atoms with Gasteiger partial charge < -0.3 is 5.32 Å². The van der Waals surface area contributed by atoms with Gasteiger partial charge in [0, 0.05) is 16.6 Å². The van der Waals surface area contributed by atoms with Crippen LogP contribution >= 0.6 is 11.8 Å². The van der Waals surface area contributed by atoms with E-state index in [1.165, 1.54) is 29.7 Å². The maximum absolute atomic E-state index is 12.4. The number of carbonyl (C=O) groups is 1. The summed E-state index contributed by atoms with van der Waals surface area (Å²) in [6.07, 6.45) is 6.95. The number of hydrogen-bond donors (Lipinski definition) is 1. The van der Waals surface area contributed by atoms with Crippen LogP contribution in [0, 0.1) is 5.92 Å². The molecule has 3 rings (SSSR count). The first-order valence-electron chi connectivity index (χ1n) is 7.37. The van der Waals surface area contributed by atoms with Crippen molar-refractivity contribution < 1.29 is 4.79 Å². The van der Waals surface area contributed by atoms with Crippen LogP contribution in [-0.2, 0) is 4.79 Å². The molecule has 1 aromatic rings. The molecule has 102 valence electrons. The monoisotopic (exact) mass is 275 g/mol. The lowest BCUT2D eigenvalue weighted by Gasteiger charge is -2.28. The highest BCUT2D eigenvalue weighted by Crippen LogP contribution is 2.36. The van der Waals surface area contributed by atoms with Crippen molar-refractivity contribution in [2.45, 2.75) is 49.5 Å². The number of carbonyl (C=O) groups excluding carboxylic acids is 1. The van der Waals surface area contributed by atoms with Crippen molar-refractivity contribution in [1.29, 1.82) is 0 Å². The van der Waals surface area contributed by atoms with Crippen molar-refractivity contribution in [3.63, 3.8) is 0 Å². The first-order chi connectivity index (χ1) is 9.34. The third kappa shape index (κ3) is 2.97. The van der Waals surface area contributed by atoms with Crippen molar-refractivity contribution in [2.24, 2.45) is 5.92 Å². The van der Waals surface area contributed by atoms with E-state index in [1.807, 2.05) is 11.8 Å². The minimum Gasteiger partial charge on any atom is -0.349 e. The van der Waals surface area contributed by atoms with E-state index < -0.39 is 0 Å². The van der Waals surface area contributed by atoms with Crippen LogP contribution in [0.2, 0.25) is 0 Å². The van der Waals surface area contributed by atoms with Gasteiger partial charge in [-0.05, 0) is 30.9 Å². The number of rotatable bonds is 2. The van der Waals surface area contributed by atoms with Gasteiger partial charge in [0.15, 0.2) is 0 Å². The third-order valence-electron chi connectivity index (χ3n) is 4.25. The molecule has 0 radical (unpaired) electrons. The van der Waals surface area contributed by atoms with E-state index in [1.54, 1.807) is 0 Å². The van der Waals surface area contributed by atoms with E-state index in [-0.39, 0.29) is 17.9 Å². The van der Waals surface area contributed by atoms with E-state index in [0.29, 0.717) is 0 Å². The zero-order chi connectivity index (χ0) is 13.1. The zero-order valence-corrected chi connectivity index (χ0v) is 12.0. The zero-order valence-electron chi connectivity index (χ0n) is 11.2. The van der Waals surface area contributed by atoms with E-state index in [9.17, 15) is 4.79 Å². The molecule has 2 aliphatic rings. The summed E-state index contributed by atoms with van der Waals surface area (Å²) >= 11 is 1.90. The molecule has 0 unspecified atom stereocenters. The van der Waals surface area contributed by atoms with Gasteiger partial charge in [-0.2, -0.15) is 0 Å². The van der Waals surface area contributed by atoms with Gasteiger partial charge >= 0.3 is 0 Å². The van der Waals surface area contributed by atoms with Gasteiger partial charge in [0.1, 0.15) is 0 Å². The van der Waals surface area contributed by atoms with E-state index in [2.05, 4.69) is 29.6 Å². The Morgan fingerprint density at radius 2 is 1.89 bits per heavy atom. The molecule has 1 atom stereocenters. The Hall–Kier alpha value is -0.960. The van der Waals surface area contributed by atoms with Crippen LogP contribution in [-0.4, -0.2) is 11.7 Å². The Morgan fingerprint density at radius 3 is 2.74 bits per heavy atom. The van der Waals surface area contributed by atoms with Crippen LogP contribution in [0.1, 0.15) is 50.1 Å². The second-order valence-corrected chi connectivity index (χ2v) is 6.71. The summed E-state index contributed by atoms with van der Waals surface area (Å²) in [4.78, 5) is 13.7. The maximum atomic E-state index is 12.4. The quantitative estimate of drug-likeness (QED) is 0.886. The molecule has 0 spiro atoms. The van der Waals surface area contributed by atoms with Crippen molar-refractivity contribution in [1.82, 2.24) is 5.32 Å². The first kappa shape index (κ1) is 13.0. The SMILES string of the molecule is O=C(N[C@@H]1CCSc2ccccc21)C1CCCCC1. The predicted octanol–water partition coefficient (Wildman–Crippen LogP) is 3.92. The molecule has 1 amide bonds. The normalized spacial score (nSPS) is 23.7. The molecule has 0 saturated heterocycles. The van der Waals surface area contributed by atoms with Crippen molar-refractivity contribution >= 4 is 17.7 Å². The Balaban J connectivity index is 1.68. The highest BCUT2D eigenvalue weighted by molar-refractivity contribution is 7.99. The molecule has 0 aromatic heterocycles. The van der Waals surface area contributed by atoms with Crippen LogP contribution in [0.3, 0.4) is 0 Å². The van der Waals surface area contributed by atoms with Crippen LogP contribution in [0.15, 0.2) is 29.2 Å². The molecular formula is C16H21NOS. The smallest absolute Gasteiger partial charge is 0.223 e. The first-order valence-corrected chi connectivity index (χ1v) is 8.35. The number of amides is 1. The summed E-state index contributed by atoms with van der Waals surface area (Å²) in [7, 11) is 0. The van der Waals surface area contributed by atoms with Gasteiger partial charge in [0.05, 0.1) is 6.04 Å². The van der Waals surface area contributed by atoms with Gasteiger partial charge in [-0.15, -0.1) is 11.8 Å². The molecule has 3 heteroatoms. The second-order valence-electron chi connectivity index (χ2n) is 5.57. The summed E-state index contributed by atoms with van der Waals surface area (Å²) in [5.74, 6) is 1.65. The van der Waals surface area contributed by atoms with Crippen LogP contribution in [0.25, 0.3) is 0 Å². The van der Waals surface area contributed by atoms with Gasteiger partial charge in [-0.3, -0.25) is 4.79 Å². The van der Waals surface area contributed by atoms with E-state index in [0.717, 1.165) is 25.0 Å². The van der Waals surface area contributed by atoms with E-state index in [4.69, 9.17) is 0 Å². The van der Waals surface area contributed by atoms with Gasteiger partial charge in [0.2, 0.25) is 5.91 Å². The van der Waals surface area contributed by atoms with Gasteiger partial charge in [-0.25, -0.2) is 0 Å². The predicted molar refractivity (Wildman–Crippen MR) is 79.2 cm³/mol. The summed E-state index contributed by atoms with van der Waals surface area (Å²) in [5.41, 5.74) is 1.31. The van der Waals surface area contributed by atoms with Gasteiger partial charge in [0.25, 0.3) is 0 Å². The molecule has 1 aliphatic heterocycles. The lowest BCUT2D eigenvalue weighted by Crippen LogP contribution is -2.36. The minimum absolute atomic E-state index is 0.229. The molecule has 19 heavy (non-hydrogen) atoms. The Morgan fingerprint density at radius 1 is 1.11 bits per heavy atom. The lowest BCUT2D eigenvalue weighted by molar-refractivity contribution is -0.126. The number of benzene rings is 1. The molecule has 0 bridgehead atoms. The molecule has 1 aromatic carbocycles. The van der Waals surface area contributed by atoms with E-state index >= 15 is 0 Å². The largest absolute Gasteiger partial charge is 0.349 e. The summed E-state index contributed by atoms with van der Waals surface area (Å²) in [6, 6.07) is 8.71. The fraction of sp³-hybridized carbons (Fsp3) is 0.562. The minimum atomic E-state index is 0.229. The Kier molecular flexibility index (Phi) is 4.12. The Bertz CT molecular complexity index is 454. The van der Waals surface area contributed by atoms with Crippen molar-refractivity contribution in [3.8, 4) is 0 Å². The van der Waals surface area contributed by atoms with Crippen LogP contribution in [0.5, 0.6) is 0 Å². The third-order valence-corrected chi connectivity index (χ3v) is 5.37. The number of hydrogen-bond acceptors (Lipinski definition) is 2. The van der Waals surface area contributed by atoms with Crippen LogP contribution in [0.4, 0.5) is 0 Å². The maximum Gasteiger partial charge on any atom is 0.223 e. The highest BCUT2D eigenvalue weighted by Gasteiger charge is 2.26. The number of fused-ring (bicyclic) bond motifs is 1. The van der Waals surface area contributed by atoms with Crippen molar-refractivity contribution in [3.05, 3.63) is 29.8 Å². The van der Waals surface area contributed by atoms with Gasteiger partial charge in [-0.1, -0.05) is 37.5 Å². The summed E-state index contributed by atoms with van der Waals surface area (Å²) in [5, 5.41) is 3.29. The molecule has 1 saturated carbocycles. The van der Waals surface area contributed by atoms with Crippen molar-refractivity contribution in [2.75, 3.05) is 5.75 Å². The highest BCUT2D eigenvalue weighted by atomic mass is 32.2. The molecule has 2 nitrogen and oxygen atoms in total. The number of thioether (sulfide) groups is 1. The average Bonchev–Trinajstić information content (AvgIpc) is 2.48. The standard InChI is InChI=1S/C16H21NOS/c18-16(12-6-2-1-3-7-12)17-14-10-11-19-15-9-5-4-8-13(14)15/h4-5,8-9,12,14H,1-3,6-7,10-11H2,(H,17,18)/t14-/m1/s1. The number of nitrogens with one attached hydrogen (secondary N) is 1. The summed E-state index contributed by atoms with van der Waals surface area (Å²) in [6.45, 7) is 0. The molecule has 1 fully saturated rings.